The SMILES string of the molecule is Cc1cc(CN2CCC[C@@H]2CCc2ccncc2)no1. The van der Waals surface area contributed by atoms with Gasteiger partial charge in [-0.05, 0) is 56.8 Å². The van der Waals surface area contributed by atoms with Crippen LogP contribution in [0.1, 0.15) is 36.3 Å². The molecule has 3 heterocycles. The molecular weight excluding hydrogens is 250 g/mol. The third kappa shape index (κ3) is 3.25. The van der Waals surface area contributed by atoms with Crippen molar-refractivity contribution in [3.05, 3.63) is 47.6 Å². The maximum atomic E-state index is 5.16. The van der Waals surface area contributed by atoms with E-state index < -0.39 is 0 Å². The van der Waals surface area contributed by atoms with Gasteiger partial charge >= 0.3 is 0 Å². The quantitative estimate of drug-likeness (QED) is 0.838. The zero-order valence-corrected chi connectivity index (χ0v) is 12.0. The number of likely N-dealkylation sites (tertiary alicyclic amines) is 1. The van der Waals surface area contributed by atoms with Gasteiger partial charge in [-0.3, -0.25) is 9.88 Å². The average Bonchev–Trinajstić information content (AvgIpc) is 3.07. The zero-order valence-electron chi connectivity index (χ0n) is 12.0. The number of hydrogen-bond acceptors (Lipinski definition) is 4. The number of aromatic nitrogens is 2. The molecule has 0 aliphatic carbocycles. The molecule has 0 radical (unpaired) electrons. The van der Waals surface area contributed by atoms with Gasteiger partial charge in [0.1, 0.15) is 5.76 Å². The van der Waals surface area contributed by atoms with Gasteiger partial charge in [0.25, 0.3) is 0 Å². The van der Waals surface area contributed by atoms with Crippen LogP contribution in [0.2, 0.25) is 0 Å². The van der Waals surface area contributed by atoms with E-state index in [2.05, 4.69) is 27.2 Å². The summed E-state index contributed by atoms with van der Waals surface area (Å²) in [7, 11) is 0. The molecule has 1 fully saturated rings. The van der Waals surface area contributed by atoms with Crippen molar-refractivity contribution in [2.75, 3.05) is 6.54 Å². The minimum Gasteiger partial charge on any atom is -0.361 e. The molecule has 1 aliphatic heterocycles. The van der Waals surface area contributed by atoms with Gasteiger partial charge in [0.2, 0.25) is 0 Å². The lowest BCUT2D eigenvalue weighted by atomic mass is 10.0. The summed E-state index contributed by atoms with van der Waals surface area (Å²) >= 11 is 0. The lowest BCUT2D eigenvalue weighted by Gasteiger charge is -2.23. The molecule has 2 aromatic rings. The summed E-state index contributed by atoms with van der Waals surface area (Å²) in [6.45, 7) is 4.03. The summed E-state index contributed by atoms with van der Waals surface area (Å²) in [6.07, 6.45) is 8.67. The van der Waals surface area contributed by atoms with Crippen molar-refractivity contribution in [1.82, 2.24) is 15.0 Å². The second-order valence-electron chi connectivity index (χ2n) is 5.59. The van der Waals surface area contributed by atoms with E-state index in [1.54, 1.807) is 0 Å². The van der Waals surface area contributed by atoms with Crippen molar-refractivity contribution >= 4 is 0 Å². The Hall–Kier alpha value is -1.68. The molecule has 0 spiro atoms. The van der Waals surface area contributed by atoms with Gasteiger partial charge in [0.05, 0.1) is 5.69 Å². The van der Waals surface area contributed by atoms with Gasteiger partial charge in [-0.15, -0.1) is 0 Å². The van der Waals surface area contributed by atoms with Gasteiger partial charge in [0, 0.05) is 31.0 Å². The molecule has 106 valence electrons. The topological polar surface area (TPSA) is 42.2 Å². The van der Waals surface area contributed by atoms with E-state index in [4.69, 9.17) is 4.52 Å². The van der Waals surface area contributed by atoms with Gasteiger partial charge in [0.15, 0.2) is 0 Å². The van der Waals surface area contributed by atoms with E-state index in [-0.39, 0.29) is 0 Å². The highest BCUT2D eigenvalue weighted by Crippen LogP contribution is 2.23. The highest BCUT2D eigenvalue weighted by molar-refractivity contribution is 5.10. The van der Waals surface area contributed by atoms with Crippen molar-refractivity contribution in [3.8, 4) is 0 Å². The molecule has 2 aromatic heterocycles. The third-order valence-corrected chi connectivity index (χ3v) is 4.06. The van der Waals surface area contributed by atoms with E-state index >= 15 is 0 Å². The third-order valence-electron chi connectivity index (χ3n) is 4.06. The molecule has 20 heavy (non-hydrogen) atoms. The number of rotatable bonds is 5. The Labute approximate surface area is 119 Å². The molecule has 4 nitrogen and oxygen atoms in total. The maximum absolute atomic E-state index is 5.16. The summed E-state index contributed by atoms with van der Waals surface area (Å²) in [4.78, 5) is 6.61. The fourth-order valence-electron chi connectivity index (χ4n) is 3.01. The maximum Gasteiger partial charge on any atom is 0.133 e. The van der Waals surface area contributed by atoms with Crippen molar-refractivity contribution < 1.29 is 4.52 Å². The van der Waals surface area contributed by atoms with Crippen LogP contribution in [0, 0.1) is 6.92 Å². The largest absolute Gasteiger partial charge is 0.361 e. The predicted octanol–water partition coefficient (Wildman–Crippen LogP) is 2.98. The lowest BCUT2D eigenvalue weighted by molar-refractivity contribution is 0.227. The van der Waals surface area contributed by atoms with Crippen LogP contribution in [0.15, 0.2) is 35.1 Å². The standard InChI is InChI=1S/C16H21N3O/c1-13-11-15(18-20-13)12-19-10-2-3-16(19)5-4-14-6-8-17-9-7-14/h6-9,11,16H,2-5,10,12H2,1H3/t16-/m1/s1. The molecule has 0 unspecified atom stereocenters. The van der Waals surface area contributed by atoms with Crippen LogP contribution in [0.25, 0.3) is 0 Å². The van der Waals surface area contributed by atoms with Gasteiger partial charge in [-0.25, -0.2) is 0 Å². The minimum atomic E-state index is 0.667. The molecule has 0 bridgehead atoms. The monoisotopic (exact) mass is 271 g/mol. The first-order chi connectivity index (χ1) is 9.81. The second kappa shape index (κ2) is 6.18. The molecular formula is C16H21N3O. The minimum absolute atomic E-state index is 0.667. The summed E-state index contributed by atoms with van der Waals surface area (Å²) < 4.78 is 5.16. The molecule has 0 saturated carbocycles. The Bertz CT molecular complexity index is 538. The van der Waals surface area contributed by atoms with Crippen molar-refractivity contribution in [3.63, 3.8) is 0 Å². The van der Waals surface area contributed by atoms with E-state index in [1.165, 1.54) is 31.4 Å². The van der Waals surface area contributed by atoms with E-state index in [0.29, 0.717) is 6.04 Å². The molecule has 1 aliphatic rings. The molecule has 0 amide bonds. The Kier molecular flexibility index (Phi) is 4.11. The first-order valence-electron chi connectivity index (χ1n) is 7.36. The molecule has 3 rings (SSSR count). The highest BCUT2D eigenvalue weighted by Gasteiger charge is 2.24. The zero-order chi connectivity index (χ0) is 13.8. The summed E-state index contributed by atoms with van der Waals surface area (Å²) in [5.41, 5.74) is 2.43. The van der Waals surface area contributed by atoms with Crippen LogP contribution >= 0.6 is 0 Å². The van der Waals surface area contributed by atoms with E-state index in [1.807, 2.05) is 25.4 Å². The van der Waals surface area contributed by atoms with Crippen LogP contribution in [0.5, 0.6) is 0 Å². The van der Waals surface area contributed by atoms with E-state index in [0.717, 1.165) is 24.4 Å². The van der Waals surface area contributed by atoms with Crippen LogP contribution < -0.4 is 0 Å². The Morgan fingerprint density at radius 2 is 2.20 bits per heavy atom. The fraction of sp³-hybridized carbons (Fsp3) is 0.500. The molecule has 1 saturated heterocycles. The summed E-state index contributed by atoms with van der Waals surface area (Å²) in [6, 6.07) is 6.93. The number of aryl methyl sites for hydroxylation is 2. The van der Waals surface area contributed by atoms with Crippen LogP contribution in [0.3, 0.4) is 0 Å². The Balaban J connectivity index is 1.55. The Morgan fingerprint density at radius 3 is 2.95 bits per heavy atom. The Morgan fingerprint density at radius 1 is 1.35 bits per heavy atom. The normalized spacial score (nSPS) is 19.6. The molecule has 0 aromatic carbocycles. The number of pyridine rings is 1. The smallest absolute Gasteiger partial charge is 0.133 e. The predicted molar refractivity (Wildman–Crippen MR) is 77.2 cm³/mol. The first kappa shape index (κ1) is 13.3. The summed E-state index contributed by atoms with van der Waals surface area (Å²) in [5.74, 6) is 0.896. The van der Waals surface area contributed by atoms with Crippen molar-refractivity contribution in [2.45, 2.75) is 45.2 Å². The lowest BCUT2D eigenvalue weighted by Crippen LogP contribution is -2.29. The van der Waals surface area contributed by atoms with E-state index in [9.17, 15) is 0 Å². The first-order valence-corrected chi connectivity index (χ1v) is 7.36. The van der Waals surface area contributed by atoms with Gasteiger partial charge in [-0.2, -0.15) is 0 Å². The fourth-order valence-corrected chi connectivity index (χ4v) is 3.01. The molecule has 4 heteroatoms. The molecule has 0 N–H and O–H groups in total. The average molecular weight is 271 g/mol. The van der Waals surface area contributed by atoms with Crippen molar-refractivity contribution in [2.24, 2.45) is 0 Å². The second-order valence-corrected chi connectivity index (χ2v) is 5.59. The number of nitrogens with zero attached hydrogens (tertiary/aromatic N) is 3. The van der Waals surface area contributed by atoms with Crippen LogP contribution in [-0.2, 0) is 13.0 Å². The molecule has 1 atom stereocenters. The number of hydrogen-bond donors (Lipinski definition) is 0. The van der Waals surface area contributed by atoms with Crippen molar-refractivity contribution in [1.29, 1.82) is 0 Å². The summed E-state index contributed by atoms with van der Waals surface area (Å²) in [5, 5.41) is 4.11. The van der Waals surface area contributed by atoms with Gasteiger partial charge in [-0.1, -0.05) is 5.16 Å². The highest BCUT2D eigenvalue weighted by atomic mass is 16.5. The van der Waals surface area contributed by atoms with Crippen LogP contribution in [-0.4, -0.2) is 27.6 Å². The van der Waals surface area contributed by atoms with Gasteiger partial charge < -0.3 is 4.52 Å². The van der Waals surface area contributed by atoms with Crippen LogP contribution in [0.4, 0.5) is 0 Å².